The van der Waals surface area contributed by atoms with E-state index >= 15 is 0 Å². The van der Waals surface area contributed by atoms with E-state index in [-0.39, 0.29) is 11.8 Å². The van der Waals surface area contributed by atoms with Crippen LogP contribution in [-0.2, 0) is 11.2 Å². The Labute approximate surface area is 211 Å². The molecule has 6 nitrogen and oxygen atoms in total. The number of hydrogen-bond donors (Lipinski definition) is 2. The predicted octanol–water partition coefficient (Wildman–Crippen LogP) is 4.99. The maximum absolute atomic E-state index is 13.3. The zero-order valence-electron chi connectivity index (χ0n) is 20.1. The summed E-state index contributed by atoms with van der Waals surface area (Å²) in [6, 6.07) is 26.6. The molecule has 3 aromatic rings. The first-order valence-corrected chi connectivity index (χ1v) is 12.4. The Bertz CT molecular complexity index is 1260. The molecular weight excluding hydrogens is 452 g/mol. The highest BCUT2D eigenvalue weighted by molar-refractivity contribution is 6.01. The fourth-order valence-electron chi connectivity index (χ4n) is 5.35. The number of ether oxygens (including phenoxy) is 1. The van der Waals surface area contributed by atoms with Crippen LogP contribution in [0.1, 0.15) is 52.4 Å². The molecule has 1 saturated heterocycles. The van der Waals surface area contributed by atoms with E-state index in [1.54, 1.807) is 17.6 Å². The lowest BCUT2D eigenvalue weighted by Crippen LogP contribution is -2.52. The highest BCUT2D eigenvalue weighted by atomic mass is 16.5. The van der Waals surface area contributed by atoms with Gasteiger partial charge in [0.05, 0.1) is 12.0 Å². The van der Waals surface area contributed by atoms with Crippen molar-refractivity contribution in [1.82, 2.24) is 10.4 Å². The Balaban J connectivity index is 1.37. The number of ketones is 1. The maximum atomic E-state index is 13.3. The number of rotatable bonds is 6. The van der Waals surface area contributed by atoms with Gasteiger partial charge in [-0.15, -0.1) is 0 Å². The molecule has 3 aromatic carbocycles. The van der Waals surface area contributed by atoms with Crippen molar-refractivity contribution in [3.05, 3.63) is 107 Å². The van der Waals surface area contributed by atoms with Crippen LogP contribution in [0.4, 0.5) is 0 Å². The largest absolute Gasteiger partial charge is 0.486 e. The number of hydroxylamine groups is 1. The molecule has 2 atom stereocenters. The molecular formula is C30H30N2O4. The molecule has 2 N–H and O–H groups in total. The second-order valence-corrected chi connectivity index (χ2v) is 9.60. The van der Waals surface area contributed by atoms with Crippen molar-refractivity contribution in [3.8, 4) is 5.75 Å². The van der Waals surface area contributed by atoms with E-state index in [1.165, 1.54) is 17.2 Å². The van der Waals surface area contributed by atoms with Crippen LogP contribution in [-0.4, -0.2) is 40.5 Å². The third kappa shape index (κ3) is 5.25. The zero-order valence-corrected chi connectivity index (χ0v) is 20.1. The molecule has 36 heavy (non-hydrogen) atoms. The Morgan fingerprint density at radius 1 is 1.08 bits per heavy atom. The third-order valence-corrected chi connectivity index (χ3v) is 7.23. The molecule has 6 heteroatoms. The summed E-state index contributed by atoms with van der Waals surface area (Å²) in [6.45, 7) is 1.80. The van der Waals surface area contributed by atoms with Crippen molar-refractivity contribution >= 4 is 17.8 Å². The fourth-order valence-corrected chi connectivity index (χ4v) is 5.35. The smallest absolute Gasteiger partial charge is 0.267 e. The van der Waals surface area contributed by atoms with E-state index in [0.29, 0.717) is 23.3 Å². The van der Waals surface area contributed by atoms with E-state index < -0.39 is 11.5 Å². The van der Waals surface area contributed by atoms with Gasteiger partial charge < -0.3 is 4.74 Å². The lowest BCUT2D eigenvalue weighted by molar-refractivity contribution is -0.124. The van der Waals surface area contributed by atoms with Gasteiger partial charge >= 0.3 is 0 Å². The van der Waals surface area contributed by atoms with Crippen LogP contribution in [0.2, 0.25) is 0 Å². The van der Waals surface area contributed by atoms with Gasteiger partial charge in [0, 0.05) is 38.0 Å². The number of Topliss-reactive ketones (excluding diaryl/α,β-unsaturated/α-hetero) is 1. The molecule has 2 aliphatic rings. The summed E-state index contributed by atoms with van der Waals surface area (Å²) < 4.78 is 6.60. The van der Waals surface area contributed by atoms with Crippen molar-refractivity contribution in [1.29, 1.82) is 0 Å². The SMILES string of the molecule is O=C(C=Cc1ccc2c(c1)C(=O)CC1(CCN(CCc3ccccc3)C(c3ccccc3)C1)O2)NO. The van der Waals surface area contributed by atoms with Crippen molar-refractivity contribution < 1.29 is 19.5 Å². The molecule has 0 bridgehead atoms. The molecule has 184 valence electrons. The van der Waals surface area contributed by atoms with E-state index in [2.05, 4.69) is 53.4 Å². The number of benzene rings is 3. The first-order chi connectivity index (χ1) is 17.5. The van der Waals surface area contributed by atoms with Crippen LogP contribution in [0.25, 0.3) is 6.08 Å². The highest BCUT2D eigenvalue weighted by Gasteiger charge is 2.46. The monoisotopic (exact) mass is 482 g/mol. The standard InChI is InChI=1S/C30H30N2O4/c33-27-21-30(36-28-13-11-23(19-25(27)28)12-14-29(34)31-35)16-18-32(17-15-22-7-3-1-4-8-22)26(20-30)24-9-5-2-6-10-24/h1-14,19,26,35H,15-18,20-21H2,(H,31,34). The second kappa shape index (κ2) is 10.5. The topological polar surface area (TPSA) is 78.9 Å². The van der Waals surface area contributed by atoms with E-state index in [4.69, 9.17) is 9.94 Å². The Morgan fingerprint density at radius 3 is 2.58 bits per heavy atom. The van der Waals surface area contributed by atoms with Crippen molar-refractivity contribution in [2.75, 3.05) is 13.1 Å². The molecule has 0 aromatic heterocycles. The van der Waals surface area contributed by atoms with Gasteiger partial charge in [-0.2, -0.15) is 0 Å². The third-order valence-electron chi connectivity index (χ3n) is 7.23. The van der Waals surface area contributed by atoms with Crippen molar-refractivity contribution in [3.63, 3.8) is 0 Å². The average molecular weight is 483 g/mol. The fraction of sp³-hybridized carbons (Fsp3) is 0.267. The minimum absolute atomic E-state index is 0.0580. The molecule has 1 amide bonds. The summed E-state index contributed by atoms with van der Waals surface area (Å²) in [4.78, 5) is 27.1. The maximum Gasteiger partial charge on any atom is 0.267 e. The minimum Gasteiger partial charge on any atom is -0.486 e. The lowest BCUT2D eigenvalue weighted by Gasteiger charge is -2.48. The van der Waals surface area contributed by atoms with Gasteiger partial charge in [-0.05, 0) is 41.3 Å². The van der Waals surface area contributed by atoms with Crippen LogP contribution in [0, 0.1) is 0 Å². The van der Waals surface area contributed by atoms with E-state index in [9.17, 15) is 9.59 Å². The number of piperidine rings is 1. The van der Waals surface area contributed by atoms with E-state index in [1.807, 2.05) is 24.3 Å². The predicted molar refractivity (Wildman–Crippen MR) is 138 cm³/mol. The number of fused-ring (bicyclic) bond motifs is 1. The number of likely N-dealkylation sites (tertiary alicyclic amines) is 1. The van der Waals surface area contributed by atoms with E-state index in [0.717, 1.165) is 32.4 Å². The van der Waals surface area contributed by atoms with Crippen LogP contribution < -0.4 is 10.2 Å². The zero-order chi connectivity index (χ0) is 25.0. The summed E-state index contributed by atoms with van der Waals surface area (Å²) in [5, 5.41) is 8.67. The Kier molecular flexibility index (Phi) is 6.98. The normalized spacial score (nSPS) is 21.8. The van der Waals surface area contributed by atoms with Crippen LogP contribution in [0.5, 0.6) is 5.75 Å². The molecule has 0 aliphatic carbocycles. The summed E-state index contributed by atoms with van der Waals surface area (Å²) in [5.74, 6) is 0.0300. The summed E-state index contributed by atoms with van der Waals surface area (Å²) in [7, 11) is 0. The van der Waals surface area contributed by atoms with Crippen molar-refractivity contribution in [2.24, 2.45) is 0 Å². The summed E-state index contributed by atoms with van der Waals surface area (Å²) >= 11 is 0. The molecule has 2 unspecified atom stereocenters. The number of carbonyl (C=O) groups is 2. The number of nitrogens with zero attached hydrogens (tertiary/aromatic N) is 1. The van der Waals surface area contributed by atoms with Crippen LogP contribution in [0.3, 0.4) is 0 Å². The first kappa shape index (κ1) is 24.0. The number of nitrogens with one attached hydrogen (secondary N) is 1. The summed E-state index contributed by atoms with van der Waals surface area (Å²) in [5.41, 5.74) is 4.83. The molecule has 0 radical (unpaired) electrons. The highest BCUT2D eigenvalue weighted by Crippen LogP contribution is 2.45. The summed E-state index contributed by atoms with van der Waals surface area (Å²) in [6.07, 6.45) is 5.61. The lowest BCUT2D eigenvalue weighted by atomic mass is 9.77. The van der Waals surface area contributed by atoms with Gasteiger partial charge in [0.2, 0.25) is 0 Å². The van der Waals surface area contributed by atoms with Gasteiger partial charge in [0.25, 0.3) is 5.91 Å². The Morgan fingerprint density at radius 2 is 1.83 bits per heavy atom. The average Bonchev–Trinajstić information content (AvgIpc) is 2.92. The van der Waals surface area contributed by atoms with Gasteiger partial charge in [0.1, 0.15) is 11.4 Å². The van der Waals surface area contributed by atoms with Gasteiger partial charge in [-0.25, -0.2) is 5.48 Å². The van der Waals surface area contributed by atoms with Crippen LogP contribution >= 0.6 is 0 Å². The number of carbonyl (C=O) groups excluding carboxylic acids is 2. The molecule has 5 rings (SSSR count). The number of amides is 1. The Hall–Kier alpha value is -3.74. The number of hydrogen-bond acceptors (Lipinski definition) is 5. The molecule has 1 fully saturated rings. The molecule has 1 spiro atoms. The minimum atomic E-state index is -0.625. The second-order valence-electron chi connectivity index (χ2n) is 9.60. The van der Waals surface area contributed by atoms with Gasteiger partial charge in [-0.3, -0.25) is 19.7 Å². The van der Waals surface area contributed by atoms with Crippen LogP contribution in [0.15, 0.2) is 84.9 Å². The molecule has 2 heterocycles. The van der Waals surface area contributed by atoms with Crippen molar-refractivity contribution in [2.45, 2.75) is 37.3 Å². The van der Waals surface area contributed by atoms with Gasteiger partial charge in [-0.1, -0.05) is 66.7 Å². The molecule has 2 aliphatic heterocycles. The quantitative estimate of drug-likeness (QED) is 0.294. The molecule has 0 saturated carbocycles. The first-order valence-electron chi connectivity index (χ1n) is 12.4. The van der Waals surface area contributed by atoms with Gasteiger partial charge in [0.15, 0.2) is 5.78 Å².